The first-order valence-electron chi connectivity index (χ1n) is 5.47. The minimum atomic E-state index is 0.790. The molecule has 2 heterocycles. The maximum atomic E-state index is 4.31. The molecule has 2 rings (SSSR count). The second kappa shape index (κ2) is 5.75. The third-order valence-corrected chi connectivity index (χ3v) is 3.12. The Balaban J connectivity index is 2.07. The van der Waals surface area contributed by atoms with Gasteiger partial charge in [-0.15, -0.1) is 11.3 Å². The van der Waals surface area contributed by atoms with E-state index in [1.54, 1.807) is 11.3 Å². The van der Waals surface area contributed by atoms with Crippen molar-refractivity contribution in [2.45, 2.75) is 13.1 Å². The largest absolute Gasteiger partial charge is 0.369 e. The Kier molecular flexibility index (Phi) is 4.06. The van der Waals surface area contributed by atoms with E-state index in [4.69, 9.17) is 0 Å². The van der Waals surface area contributed by atoms with Crippen LogP contribution in [0.4, 0.5) is 5.69 Å². The molecule has 17 heavy (non-hydrogen) atoms. The number of hydrogen-bond donors (Lipinski definition) is 1. The van der Waals surface area contributed by atoms with E-state index >= 15 is 0 Å². The molecule has 0 spiro atoms. The first-order chi connectivity index (χ1) is 8.29. The Labute approximate surface area is 105 Å². The van der Waals surface area contributed by atoms with Gasteiger partial charge >= 0.3 is 0 Å². The minimum absolute atomic E-state index is 0.790. The quantitative estimate of drug-likeness (QED) is 0.877. The summed E-state index contributed by atoms with van der Waals surface area (Å²) in [6.45, 7) is 1.62. The zero-order chi connectivity index (χ0) is 12.1. The molecule has 0 bridgehead atoms. The van der Waals surface area contributed by atoms with Gasteiger partial charge in [0.15, 0.2) is 0 Å². The second-order valence-corrected chi connectivity index (χ2v) is 4.59. The highest BCUT2D eigenvalue weighted by atomic mass is 32.1. The van der Waals surface area contributed by atoms with Gasteiger partial charge in [-0.05, 0) is 19.2 Å². The molecule has 0 unspecified atom stereocenters. The van der Waals surface area contributed by atoms with E-state index in [1.165, 1.54) is 5.69 Å². The summed E-state index contributed by atoms with van der Waals surface area (Å²) in [6, 6.07) is 4.12. The molecule has 5 heteroatoms. The van der Waals surface area contributed by atoms with Crippen LogP contribution in [0.5, 0.6) is 0 Å². The highest BCUT2D eigenvalue weighted by Gasteiger charge is 2.04. The van der Waals surface area contributed by atoms with Gasteiger partial charge in [0.05, 0.1) is 23.4 Å². The summed E-state index contributed by atoms with van der Waals surface area (Å²) >= 11 is 1.63. The Hall–Kier alpha value is -1.46. The molecule has 0 saturated carbocycles. The van der Waals surface area contributed by atoms with Gasteiger partial charge in [0, 0.05) is 30.9 Å². The van der Waals surface area contributed by atoms with Crippen LogP contribution in [0.25, 0.3) is 0 Å². The number of nitrogens with one attached hydrogen (secondary N) is 1. The van der Waals surface area contributed by atoms with Crippen LogP contribution in [0.2, 0.25) is 0 Å². The van der Waals surface area contributed by atoms with Crippen molar-refractivity contribution in [3.05, 3.63) is 40.6 Å². The van der Waals surface area contributed by atoms with Gasteiger partial charge in [-0.25, -0.2) is 4.98 Å². The summed E-state index contributed by atoms with van der Waals surface area (Å²) in [6.07, 6.45) is 1.85. The predicted octanol–water partition coefficient (Wildman–Crippen LogP) is 1.89. The van der Waals surface area contributed by atoms with Crippen molar-refractivity contribution in [2.75, 3.05) is 19.0 Å². The zero-order valence-electron chi connectivity index (χ0n) is 10.1. The van der Waals surface area contributed by atoms with E-state index in [2.05, 4.69) is 38.7 Å². The van der Waals surface area contributed by atoms with Crippen molar-refractivity contribution >= 4 is 17.0 Å². The van der Waals surface area contributed by atoms with Crippen LogP contribution in [-0.4, -0.2) is 24.1 Å². The number of nitrogens with zero attached hydrogens (tertiary/aromatic N) is 3. The number of hydrogen-bond acceptors (Lipinski definition) is 5. The summed E-state index contributed by atoms with van der Waals surface area (Å²) in [5.74, 6) is 0. The third-order valence-electron chi connectivity index (χ3n) is 2.48. The molecule has 90 valence electrons. The summed E-state index contributed by atoms with van der Waals surface area (Å²) < 4.78 is 0. The maximum absolute atomic E-state index is 4.31. The number of pyridine rings is 1. The SMILES string of the molecule is CNCc1cc(N(C)Cc2cscn2)ccn1. The number of rotatable bonds is 5. The Morgan fingerprint density at radius 2 is 2.24 bits per heavy atom. The monoisotopic (exact) mass is 248 g/mol. The van der Waals surface area contributed by atoms with E-state index in [1.807, 2.05) is 24.8 Å². The molecule has 0 aromatic carbocycles. The van der Waals surface area contributed by atoms with Gasteiger partial charge in [0.2, 0.25) is 0 Å². The van der Waals surface area contributed by atoms with Gasteiger partial charge in [-0.3, -0.25) is 4.98 Å². The zero-order valence-corrected chi connectivity index (χ0v) is 10.9. The fourth-order valence-electron chi connectivity index (χ4n) is 1.63. The topological polar surface area (TPSA) is 41.0 Å². The van der Waals surface area contributed by atoms with Crippen molar-refractivity contribution in [2.24, 2.45) is 0 Å². The van der Waals surface area contributed by atoms with Crippen LogP contribution in [0, 0.1) is 0 Å². The third kappa shape index (κ3) is 3.25. The molecule has 0 saturated heterocycles. The van der Waals surface area contributed by atoms with Gasteiger partial charge in [-0.2, -0.15) is 0 Å². The Morgan fingerprint density at radius 1 is 1.35 bits per heavy atom. The van der Waals surface area contributed by atoms with E-state index < -0.39 is 0 Å². The van der Waals surface area contributed by atoms with Crippen LogP contribution in [0.1, 0.15) is 11.4 Å². The van der Waals surface area contributed by atoms with E-state index in [0.29, 0.717) is 0 Å². The molecule has 2 aromatic rings. The Bertz CT molecular complexity index is 455. The van der Waals surface area contributed by atoms with Crippen LogP contribution in [0.3, 0.4) is 0 Å². The summed E-state index contributed by atoms with van der Waals surface area (Å²) in [4.78, 5) is 10.8. The summed E-state index contributed by atoms with van der Waals surface area (Å²) in [5, 5.41) is 5.18. The van der Waals surface area contributed by atoms with Crippen molar-refractivity contribution in [3.8, 4) is 0 Å². The average Bonchev–Trinajstić information content (AvgIpc) is 2.83. The van der Waals surface area contributed by atoms with E-state index in [9.17, 15) is 0 Å². The van der Waals surface area contributed by atoms with Gasteiger partial charge < -0.3 is 10.2 Å². The molecule has 0 aliphatic carbocycles. The standard InChI is InChI=1S/C12H16N4S/c1-13-6-10-5-12(3-4-14-10)16(2)7-11-8-17-9-15-11/h3-5,8-9,13H,6-7H2,1-2H3. The van der Waals surface area contributed by atoms with Crippen LogP contribution >= 0.6 is 11.3 Å². The van der Waals surface area contributed by atoms with Crippen molar-refractivity contribution < 1.29 is 0 Å². The van der Waals surface area contributed by atoms with Crippen LogP contribution in [0.15, 0.2) is 29.2 Å². The normalized spacial score (nSPS) is 10.5. The molecule has 0 radical (unpaired) electrons. The number of aromatic nitrogens is 2. The molecule has 0 aliphatic rings. The maximum Gasteiger partial charge on any atom is 0.0795 e. The van der Waals surface area contributed by atoms with Crippen molar-refractivity contribution in [3.63, 3.8) is 0 Å². The first-order valence-corrected chi connectivity index (χ1v) is 6.41. The summed E-state index contributed by atoms with van der Waals surface area (Å²) in [7, 11) is 3.99. The molecule has 2 aromatic heterocycles. The molecule has 0 atom stereocenters. The number of anilines is 1. The van der Waals surface area contributed by atoms with Crippen LogP contribution < -0.4 is 10.2 Å². The van der Waals surface area contributed by atoms with Crippen molar-refractivity contribution in [1.29, 1.82) is 0 Å². The van der Waals surface area contributed by atoms with Crippen molar-refractivity contribution in [1.82, 2.24) is 15.3 Å². The molecule has 1 N–H and O–H groups in total. The predicted molar refractivity (Wildman–Crippen MR) is 71.2 cm³/mol. The molecular formula is C12H16N4S. The van der Waals surface area contributed by atoms with Gasteiger partial charge in [0.25, 0.3) is 0 Å². The first kappa shape index (κ1) is 12.0. The molecular weight excluding hydrogens is 232 g/mol. The lowest BCUT2D eigenvalue weighted by molar-refractivity contribution is 0.788. The lowest BCUT2D eigenvalue weighted by atomic mass is 10.3. The molecule has 0 amide bonds. The Morgan fingerprint density at radius 3 is 2.94 bits per heavy atom. The highest BCUT2D eigenvalue weighted by molar-refractivity contribution is 7.07. The smallest absolute Gasteiger partial charge is 0.0795 e. The average molecular weight is 248 g/mol. The lowest BCUT2D eigenvalue weighted by Gasteiger charge is -2.18. The van der Waals surface area contributed by atoms with Crippen LogP contribution in [-0.2, 0) is 13.1 Å². The minimum Gasteiger partial charge on any atom is -0.369 e. The van der Waals surface area contributed by atoms with Gasteiger partial charge in [0.1, 0.15) is 0 Å². The second-order valence-electron chi connectivity index (χ2n) is 3.87. The highest BCUT2D eigenvalue weighted by Crippen LogP contribution is 2.15. The summed E-state index contributed by atoms with van der Waals surface area (Å²) in [5.41, 5.74) is 5.18. The van der Waals surface area contributed by atoms with Gasteiger partial charge in [-0.1, -0.05) is 0 Å². The molecule has 4 nitrogen and oxygen atoms in total. The fraction of sp³-hybridized carbons (Fsp3) is 0.333. The molecule has 0 fully saturated rings. The lowest BCUT2D eigenvalue weighted by Crippen LogP contribution is -2.17. The molecule has 0 aliphatic heterocycles. The fourth-order valence-corrected chi connectivity index (χ4v) is 2.18. The number of thiazole rings is 1. The van der Waals surface area contributed by atoms with E-state index in [0.717, 1.165) is 24.5 Å². The van der Waals surface area contributed by atoms with E-state index in [-0.39, 0.29) is 0 Å².